The molecule has 3 aromatic rings. The highest BCUT2D eigenvalue weighted by Gasteiger charge is 2.35. The van der Waals surface area contributed by atoms with Crippen molar-refractivity contribution >= 4 is 46.8 Å². The number of benzene rings is 1. The molecule has 2 aliphatic rings. The normalized spacial score (nSPS) is 16.7. The molecule has 3 N–H and O–H groups in total. The van der Waals surface area contributed by atoms with Crippen LogP contribution in [0.4, 0.5) is 11.8 Å². The molecule has 0 radical (unpaired) electrons. The van der Waals surface area contributed by atoms with Crippen molar-refractivity contribution in [3.63, 3.8) is 0 Å². The van der Waals surface area contributed by atoms with E-state index in [1.165, 1.54) is 0 Å². The molecule has 2 aromatic heterocycles. The van der Waals surface area contributed by atoms with Gasteiger partial charge in [-0.25, -0.2) is 15.0 Å². The van der Waals surface area contributed by atoms with Crippen LogP contribution < -0.4 is 16.0 Å². The van der Waals surface area contributed by atoms with Gasteiger partial charge in [0, 0.05) is 49.7 Å². The number of ether oxygens (including phenoxy) is 1. The van der Waals surface area contributed by atoms with Crippen LogP contribution in [0.15, 0.2) is 36.7 Å². The number of halogens is 2. The molecule has 2 aliphatic heterocycles. The molecule has 0 aliphatic carbocycles. The lowest BCUT2D eigenvalue weighted by Crippen LogP contribution is -2.45. The Morgan fingerprint density at radius 3 is 2.63 bits per heavy atom. The third-order valence-corrected chi connectivity index (χ3v) is 8.02. The zero-order valence-corrected chi connectivity index (χ0v) is 24.7. The summed E-state index contributed by atoms with van der Waals surface area (Å²) in [5, 5.41) is 10.3. The number of carbonyl (C=O) groups excluding carboxylic acids is 2. The van der Waals surface area contributed by atoms with E-state index in [1.54, 1.807) is 30.3 Å². The molecular weight excluding hydrogens is 565 g/mol. The number of carbonyl (C=O) groups is 2. The van der Waals surface area contributed by atoms with Crippen molar-refractivity contribution in [2.24, 2.45) is 0 Å². The summed E-state index contributed by atoms with van der Waals surface area (Å²) in [6.45, 7) is 7.99. The Morgan fingerprint density at radius 1 is 1.12 bits per heavy atom. The van der Waals surface area contributed by atoms with Crippen LogP contribution in [0.25, 0.3) is 11.3 Å². The minimum Gasteiger partial charge on any atom is -0.381 e. The Labute approximate surface area is 249 Å². The fraction of sp³-hybridized carbons (Fsp3) is 0.414. The number of hydrogen-bond donors (Lipinski definition) is 3. The van der Waals surface area contributed by atoms with E-state index in [9.17, 15) is 9.59 Å². The maximum Gasteiger partial charge on any atom is 0.255 e. The molecule has 216 valence electrons. The number of hydrogen-bond acceptors (Lipinski definition) is 8. The van der Waals surface area contributed by atoms with Crippen LogP contribution in [0, 0.1) is 0 Å². The van der Waals surface area contributed by atoms with E-state index >= 15 is 0 Å². The lowest BCUT2D eigenvalue weighted by atomic mass is 10.0. The molecule has 4 heterocycles. The van der Waals surface area contributed by atoms with Crippen LogP contribution in [0.2, 0.25) is 10.0 Å². The summed E-state index contributed by atoms with van der Waals surface area (Å²) < 4.78 is 5.43. The maximum absolute atomic E-state index is 13.5. The zero-order valence-electron chi connectivity index (χ0n) is 23.2. The van der Waals surface area contributed by atoms with Gasteiger partial charge in [-0.1, -0.05) is 35.3 Å². The summed E-state index contributed by atoms with van der Waals surface area (Å²) in [6, 6.07) is 6.54. The lowest BCUT2D eigenvalue weighted by molar-refractivity contribution is -0.125. The Hall–Kier alpha value is -3.47. The van der Waals surface area contributed by atoms with Gasteiger partial charge in [-0.05, 0) is 56.9 Å². The van der Waals surface area contributed by atoms with Gasteiger partial charge < -0.3 is 25.6 Å². The number of pyridine rings is 1. The summed E-state index contributed by atoms with van der Waals surface area (Å²) >= 11 is 12.8. The van der Waals surface area contributed by atoms with Gasteiger partial charge in [-0.2, -0.15) is 0 Å². The van der Waals surface area contributed by atoms with Crippen molar-refractivity contribution in [1.82, 2.24) is 25.2 Å². The predicted molar refractivity (Wildman–Crippen MR) is 159 cm³/mol. The molecule has 5 rings (SSSR count). The largest absolute Gasteiger partial charge is 0.381 e. The molecule has 2 atom stereocenters. The van der Waals surface area contributed by atoms with Gasteiger partial charge in [0.05, 0.1) is 28.0 Å². The van der Waals surface area contributed by atoms with Crippen molar-refractivity contribution in [2.75, 3.05) is 30.4 Å². The molecule has 41 heavy (non-hydrogen) atoms. The van der Waals surface area contributed by atoms with Crippen LogP contribution >= 0.6 is 23.2 Å². The average molecular weight is 599 g/mol. The lowest BCUT2D eigenvalue weighted by Gasteiger charge is -2.25. The number of amides is 2. The third kappa shape index (κ3) is 6.39. The quantitative estimate of drug-likeness (QED) is 0.312. The summed E-state index contributed by atoms with van der Waals surface area (Å²) in [5.74, 6) is 0.659. The van der Waals surface area contributed by atoms with Crippen LogP contribution in [-0.4, -0.2) is 63.5 Å². The Kier molecular flexibility index (Phi) is 8.91. The van der Waals surface area contributed by atoms with Gasteiger partial charge in [-0.3, -0.25) is 9.59 Å². The number of nitrogens with one attached hydrogen (secondary N) is 3. The molecular formula is C29H33Cl2N7O3. The Bertz CT molecular complexity index is 1450. The second-order valence-corrected chi connectivity index (χ2v) is 11.1. The molecule has 1 aromatic carbocycles. The van der Waals surface area contributed by atoms with Gasteiger partial charge in [0.1, 0.15) is 11.9 Å². The fourth-order valence-corrected chi connectivity index (χ4v) is 5.53. The van der Waals surface area contributed by atoms with Gasteiger partial charge in [0.15, 0.2) is 0 Å². The second kappa shape index (κ2) is 12.6. The SMILES string of the molecule is CCNc1cc([C@@H](C)NC(=O)C(C)N2Cc3ccc(-c4nc(NC5CCOCC5)ncc4Cl)cc3C2=O)c(Cl)cn1. The molecule has 0 saturated carbocycles. The minimum absolute atomic E-state index is 0.223. The number of anilines is 2. The summed E-state index contributed by atoms with van der Waals surface area (Å²) in [4.78, 5) is 41.5. The number of rotatable bonds is 9. The highest BCUT2D eigenvalue weighted by molar-refractivity contribution is 6.33. The van der Waals surface area contributed by atoms with E-state index in [-0.39, 0.29) is 23.9 Å². The standard InChI is InChI=1S/C29H33Cl2N7O3/c1-4-32-25-12-21(23(30)13-33-25)16(2)35-27(39)17(3)38-15-19-6-5-18(11-22(19)28(38)40)26-24(31)14-34-29(37-26)36-20-7-9-41-10-8-20/h5-6,11-14,16-17,20H,4,7-10,15H2,1-3H3,(H,32,33)(H,35,39)(H,34,36,37)/t16-,17?/m1/s1. The van der Waals surface area contributed by atoms with Gasteiger partial charge >= 0.3 is 0 Å². The third-order valence-electron chi connectivity index (χ3n) is 7.43. The number of fused-ring (bicyclic) bond motifs is 1. The second-order valence-electron chi connectivity index (χ2n) is 10.3. The first kappa shape index (κ1) is 29.0. The maximum atomic E-state index is 13.5. The van der Waals surface area contributed by atoms with E-state index in [0.29, 0.717) is 64.9 Å². The van der Waals surface area contributed by atoms with Crippen molar-refractivity contribution in [1.29, 1.82) is 0 Å². The smallest absolute Gasteiger partial charge is 0.255 e. The topological polar surface area (TPSA) is 121 Å². The highest BCUT2D eigenvalue weighted by Crippen LogP contribution is 2.33. The Balaban J connectivity index is 1.29. The summed E-state index contributed by atoms with van der Waals surface area (Å²) in [7, 11) is 0. The van der Waals surface area contributed by atoms with Gasteiger partial charge in [0.25, 0.3) is 5.91 Å². The molecule has 0 bridgehead atoms. The fourth-order valence-electron chi connectivity index (χ4n) is 5.06. The molecule has 0 spiro atoms. The number of aromatic nitrogens is 3. The molecule has 1 saturated heterocycles. The van der Waals surface area contributed by atoms with E-state index in [0.717, 1.165) is 24.0 Å². The highest BCUT2D eigenvalue weighted by atomic mass is 35.5. The minimum atomic E-state index is -0.701. The van der Waals surface area contributed by atoms with Crippen molar-refractivity contribution < 1.29 is 14.3 Å². The van der Waals surface area contributed by atoms with E-state index < -0.39 is 6.04 Å². The van der Waals surface area contributed by atoms with E-state index in [4.69, 9.17) is 27.9 Å². The first-order valence-corrected chi connectivity index (χ1v) is 14.5. The van der Waals surface area contributed by atoms with Crippen LogP contribution in [0.5, 0.6) is 0 Å². The average Bonchev–Trinajstić information content (AvgIpc) is 3.30. The van der Waals surface area contributed by atoms with E-state index in [2.05, 4.69) is 30.9 Å². The van der Waals surface area contributed by atoms with E-state index in [1.807, 2.05) is 32.0 Å². The molecule has 2 amide bonds. The molecule has 10 nitrogen and oxygen atoms in total. The monoisotopic (exact) mass is 597 g/mol. The number of nitrogens with zero attached hydrogens (tertiary/aromatic N) is 4. The Morgan fingerprint density at radius 2 is 1.88 bits per heavy atom. The van der Waals surface area contributed by atoms with Crippen molar-refractivity contribution in [2.45, 2.75) is 58.3 Å². The molecule has 1 fully saturated rings. The predicted octanol–water partition coefficient (Wildman–Crippen LogP) is 5.09. The van der Waals surface area contributed by atoms with Crippen LogP contribution in [0.1, 0.15) is 61.1 Å². The summed E-state index contributed by atoms with van der Waals surface area (Å²) in [6.07, 6.45) is 4.88. The van der Waals surface area contributed by atoms with Gasteiger partial charge in [0.2, 0.25) is 11.9 Å². The summed E-state index contributed by atoms with van der Waals surface area (Å²) in [5.41, 5.74) is 3.35. The van der Waals surface area contributed by atoms with Gasteiger partial charge in [-0.15, -0.1) is 0 Å². The van der Waals surface area contributed by atoms with Crippen LogP contribution in [0.3, 0.4) is 0 Å². The van der Waals surface area contributed by atoms with Crippen molar-refractivity contribution in [3.05, 3.63) is 63.4 Å². The first-order chi connectivity index (χ1) is 19.7. The first-order valence-electron chi connectivity index (χ1n) is 13.8. The van der Waals surface area contributed by atoms with Crippen LogP contribution in [-0.2, 0) is 16.1 Å². The molecule has 1 unspecified atom stereocenters. The van der Waals surface area contributed by atoms with Crippen molar-refractivity contribution in [3.8, 4) is 11.3 Å². The zero-order chi connectivity index (χ0) is 29.1. The molecule has 12 heteroatoms.